The second-order valence-electron chi connectivity index (χ2n) is 8.16. The van der Waals surface area contributed by atoms with Crippen LogP contribution in [-0.2, 0) is 4.74 Å². The van der Waals surface area contributed by atoms with Crippen molar-refractivity contribution in [2.75, 3.05) is 18.4 Å². The number of anilines is 1. The molecule has 0 unspecified atom stereocenters. The predicted molar refractivity (Wildman–Crippen MR) is 123 cm³/mol. The third-order valence-corrected chi connectivity index (χ3v) is 4.39. The highest BCUT2D eigenvalue weighted by atomic mass is 16.6. The van der Waals surface area contributed by atoms with E-state index in [1.165, 1.54) is 0 Å². The van der Waals surface area contributed by atoms with Crippen molar-refractivity contribution >= 4 is 23.1 Å². The van der Waals surface area contributed by atoms with Gasteiger partial charge in [0.05, 0.1) is 0 Å². The van der Waals surface area contributed by atoms with Crippen molar-refractivity contribution in [2.45, 2.75) is 26.4 Å². The van der Waals surface area contributed by atoms with Gasteiger partial charge in [-0.2, -0.15) is 4.98 Å². The van der Waals surface area contributed by atoms with Crippen LogP contribution in [0.1, 0.15) is 20.8 Å². The summed E-state index contributed by atoms with van der Waals surface area (Å²) in [5.41, 5.74) is 2.09. The average molecular weight is 431 g/mol. The molecule has 0 saturated carbocycles. The number of carbonyl (C=O) groups excluding carboxylic acids is 1. The number of aromatic nitrogens is 3. The van der Waals surface area contributed by atoms with Gasteiger partial charge >= 0.3 is 6.09 Å². The minimum atomic E-state index is -0.547. The maximum absolute atomic E-state index is 11.9. The molecule has 2 aromatic heterocycles. The first kappa shape index (κ1) is 21.3. The van der Waals surface area contributed by atoms with Gasteiger partial charge in [0.15, 0.2) is 11.6 Å². The number of fused-ring (bicyclic) bond motifs is 1. The fourth-order valence-electron chi connectivity index (χ4n) is 3.02. The van der Waals surface area contributed by atoms with Gasteiger partial charge in [0.1, 0.15) is 5.60 Å². The highest BCUT2D eigenvalue weighted by Crippen LogP contribution is 2.29. The molecule has 32 heavy (non-hydrogen) atoms. The Morgan fingerprint density at radius 3 is 2.22 bits per heavy atom. The SMILES string of the molecule is CC(C)(C)OC(=O)NCCNc1nc(-c2ccccc2)nc2nc(-c3ccccc3)oc12. The lowest BCUT2D eigenvalue weighted by atomic mass is 10.2. The van der Waals surface area contributed by atoms with Crippen LogP contribution in [0.3, 0.4) is 0 Å². The summed E-state index contributed by atoms with van der Waals surface area (Å²) < 4.78 is 11.3. The van der Waals surface area contributed by atoms with Crippen LogP contribution in [-0.4, -0.2) is 39.7 Å². The number of hydrogen-bond donors (Lipinski definition) is 2. The number of ether oxygens (including phenoxy) is 1. The highest BCUT2D eigenvalue weighted by Gasteiger charge is 2.18. The molecule has 2 aromatic carbocycles. The van der Waals surface area contributed by atoms with Crippen LogP contribution in [0.15, 0.2) is 65.1 Å². The van der Waals surface area contributed by atoms with Crippen LogP contribution in [0.5, 0.6) is 0 Å². The molecule has 4 rings (SSSR count). The Morgan fingerprint density at radius 1 is 0.906 bits per heavy atom. The molecule has 0 atom stereocenters. The van der Waals surface area contributed by atoms with Crippen molar-refractivity contribution in [1.29, 1.82) is 0 Å². The molecule has 0 bridgehead atoms. The topological polar surface area (TPSA) is 102 Å². The zero-order valence-corrected chi connectivity index (χ0v) is 18.3. The van der Waals surface area contributed by atoms with E-state index < -0.39 is 11.7 Å². The summed E-state index contributed by atoms with van der Waals surface area (Å²) in [6, 6.07) is 19.3. The van der Waals surface area contributed by atoms with E-state index in [1.54, 1.807) is 0 Å². The number of nitrogens with one attached hydrogen (secondary N) is 2. The van der Waals surface area contributed by atoms with Crippen molar-refractivity contribution in [3.05, 3.63) is 60.7 Å². The number of benzene rings is 2. The molecule has 0 saturated heterocycles. The smallest absolute Gasteiger partial charge is 0.407 e. The number of hydrogen-bond acceptors (Lipinski definition) is 7. The lowest BCUT2D eigenvalue weighted by Gasteiger charge is -2.19. The first-order valence-corrected chi connectivity index (χ1v) is 10.4. The van der Waals surface area contributed by atoms with Crippen LogP contribution in [0.25, 0.3) is 34.1 Å². The van der Waals surface area contributed by atoms with Gasteiger partial charge in [-0.05, 0) is 32.9 Å². The highest BCUT2D eigenvalue weighted by molar-refractivity contribution is 5.84. The summed E-state index contributed by atoms with van der Waals surface area (Å²) in [6.07, 6.45) is -0.469. The molecule has 2 N–H and O–H groups in total. The summed E-state index contributed by atoms with van der Waals surface area (Å²) in [5, 5.41) is 5.95. The van der Waals surface area contributed by atoms with Gasteiger partial charge in [0.2, 0.25) is 17.1 Å². The Labute approximate surface area is 186 Å². The monoisotopic (exact) mass is 431 g/mol. The van der Waals surface area contributed by atoms with Gasteiger partial charge in [-0.3, -0.25) is 0 Å². The van der Waals surface area contributed by atoms with E-state index >= 15 is 0 Å². The maximum Gasteiger partial charge on any atom is 0.407 e. The van der Waals surface area contributed by atoms with Crippen molar-refractivity contribution in [3.63, 3.8) is 0 Å². The number of rotatable bonds is 6. The summed E-state index contributed by atoms with van der Waals surface area (Å²) >= 11 is 0. The third kappa shape index (κ3) is 5.21. The minimum absolute atomic E-state index is 0.348. The molecule has 4 aromatic rings. The molecule has 8 heteroatoms. The van der Waals surface area contributed by atoms with Crippen molar-refractivity contribution < 1.29 is 13.9 Å². The third-order valence-electron chi connectivity index (χ3n) is 4.39. The van der Waals surface area contributed by atoms with Crippen LogP contribution in [0.2, 0.25) is 0 Å². The summed E-state index contributed by atoms with van der Waals surface area (Å²) in [6.45, 7) is 6.23. The quantitative estimate of drug-likeness (QED) is 0.419. The standard InChI is InChI=1S/C24H25N5O3/c1-24(2,3)32-23(30)26-15-14-25-20-18-21(28-19(27-20)16-10-6-4-7-11-16)29-22(31-18)17-12-8-5-9-13-17/h4-13H,14-15H2,1-3H3,(H,26,30)(H,25,27,28). The number of carbonyl (C=O) groups is 1. The molecule has 0 aliphatic rings. The normalized spacial score (nSPS) is 11.3. The van der Waals surface area contributed by atoms with E-state index in [2.05, 4.69) is 25.6 Å². The van der Waals surface area contributed by atoms with Gasteiger partial charge in [-0.25, -0.2) is 14.8 Å². The van der Waals surface area contributed by atoms with Crippen LogP contribution in [0, 0.1) is 0 Å². The average Bonchev–Trinajstić information content (AvgIpc) is 3.21. The lowest BCUT2D eigenvalue weighted by molar-refractivity contribution is 0.0530. The fraction of sp³-hybridized carbons (Fsp3) is 0.250. The Hall–Kier alpha value is -3.94. The first-order chi connectivity index (χ1) is 15.4. The zero-order chi connectivity index (χ0) is 22.6. The van der Waals surface area contributed by atoms with Gasteiger partial charge < -0.3 is 19.8 Å². The fourth-order valence-corrected chi connectivity index (χ4v) is 3.02. The number of amides is 1. The summed E-state index contributed by atoms with van der Waals surface area (Å²) in [4.78, 5) is 25.7. The van der Waals surface area contributed by atoms with Gasteiger partial charge in [-0.15, -0.1) is 0 Å². The number of oxazole rings is 1. The predicted octanol–water partition coefficient (Wildman–Crippen LogP) is 4.89. The van der Waals surface area contributed by atoms with Crippen molar-refractivity contribution in [3.8, 4) is 22.8 Å². The lowest BCUT2D eigenvalue weighted by Crippen LogP contribution is -2.35. The molecule has 0 fully saturated rings. The van der Waals surface area contributed by atoms with E-state index in [0.717, 1.165) is 11.1 Å². The van der Waals surface area contributed by atoms with Crippen molar-refractivity contribution in [2.24, 2.45) is 0 Å². The van der Waals surface area contributed by atoms with E-state index in [9.17, 15) is 4.79 Å². The molecule has 2 heterocycles. The van der Waals surface area contributed by atoms with Gasteiger partial charge in [0.25, 0.3) is 0 Å². The Balaban J connectivity index is 1.59. The van der Waals surface area contributed by atoms with E-state index in [4.69, 9.17) is 9.15 Å². The van der Waals surface area contributed by atoms with Gasteiger partial charge in [0, 0.05) is 24.2 Å². The molecular weight excluding hydrogens is 406 g/mol. The number of alkyl carbamates (subject to hydrolysis) is 1. The zero-order valence-electron chi connectivity index (χ0n) is 18.3. The molecule has 0 radical (unpaired) electrons. The van der Waals surface area contributed by atoms with Crippen LogP contribution in [0.4, 0.5) is 10.6 Å². The minimum Gasteiger partial charge on any atom is -0.444 e. The molecule has 0 aliphatic carbocycles. The second-order valence-corrected chi connectivity index (χ2v) is 8.16. The van der Waals surface area contributed by atoms with E-state index in [0.29, 0.717) is 41.9 Å². The molecule has 0 spiro atoms. The maximum atomic E-state index is 11.9. The first-order valence-electron chi connectivity index (χ1n) is 10.4. The van der Waals surface area contributed by atoms with Crippen LogP contribution < -0.4 is 10.6 Å². The Kier molecular flexibility index (Phi) is 6.02. The van der Waals surface area contributed by atoms with E-state index in [1.807, 2.05) is 81.4 Å². The molecule has 1 amide bonds. The summed E-state index contributed by atoms with van der Waals surface area (Å²) in [7, 11) is 0. The van der Waals surface area contributed by atoms with Gasteiger partial charge in [-0.1, -0.05) is 48.5 Å². The number of nitrogens with zero attached hydrogens (tertiary/aromatic N) is 3. The van der Waals surface area contributed by atoms with E-state index in [-0.39, 0.29) is 0 Å². The Morgan fingerprint density at radius 2 is 1.56 bits per heavy atom. The summed E-state index contributed by atoms with van der Waals surface area (Å²) in [5.74, 6) is 1.51. The molecular formula is C24H25N5O3. The molecule has 0 aliphatic heterocycles. The molecule has 164 valence electrons. The van der Waals surface area contributed by atoms with Crippen molar-refractivity contribution in [1.82, 2.24) is 20.3 Å². The largest absolute Gasteiger partial charge is 0.444 e. The second kappa shape index (κ2) is 9.05. The molecule has 8 nitrogen and oxygen atoms in total. The van der Waals surface area contributed by atoms with Crippen LogP contribution >= 0.6 is 0 Å². The Bertz CT molecular complexity index is 1200.